The first kappa shape index (κ1) is 17.1. The number of carbonyl (C=O) groups is 1. The molecule has 2 rings (SSSR count). The van der Waals surface area contributed by atoms with Gasteiger partial charge in [-0.1, -0.05) is 63.2 Å². The fourth-order valence-corrected chi connectivity index (χ4v) is 2.35. The lowest BCUT2D eigenvalue weighted by molar-refractivity contribution is -0.128. The number of nitrogens with one attached hydrogen (secondary N) is 1. The van der Waals surface area contributed by atoms with Crippen molar-refractivity contribution in [1.29, 1.82) is 0 Å². The lowest BCUT2D eigenvalue weighted by atomic mass is 9.87. The zero-order valence-corrected chi connectivity index (χ0v) is 14.5. The Morgan fingerprint density at radius 3 is 2.17 bits per heavy atom. The molecule has 2 aromatic rings. The fourth-order valence-electron chi connectivity index (χ4n) is 2.35. The molecule has 0 fully saturated rings. The van der Waals surface area contributed by atoms with Crippen molar-refractivity contribution in [2.45, 2.75) is 32.7 Å². The van der Waals surface area contributed by atoms with Crippen LogP contribution < -0.4 is 5.32 Å². The second-order valence-corrected chi connectivity index (χ2v) is 6.92. The predicted octanol–water partition coefficient (Wildman–Crippen LogP) is 4.05. The summed E-state index contributed by atoms with van der Waals surface area (Å²) in [5, 5.41) is 3.20. The van der Waals surface area contributed by atoms with Gasteiger partial charge in [0.15, 0.2) is 0 Å². The van der Waals surface area contributed by atoms with Crippen molar-refractivity contribution >= 4 is 11.6 Å². The van der Waals surface area contributed by atoms with E-state index in [0.717, 1.165) is 11.3 Å². The Morgan fingerprint density at radius 2 is 1.61 bits per heavy atom. The highest BCUT2D eigenvalue weighted by Gasteiger charge is 2.13. The molecule has 122 valence electrons. The van der Waals surface area contributed by atoms with Crippen LogP contribution >= 0.6 is 0 Å². The third-order valence-electron chi connectivity index (χ3n) is 3.88. The molecule has 0 saturated carbocycles. The number of benzene rings is 2. The van der Waals surface area contributed by atoms with Crippen LogP contribution in [-0.4, -0.2) is 24.4 Å². The molecule has 0 atom stereocenters. The van der Waals surface area contributed by atoms with Gasteiger partial charge in [-0.2, -0.15) is 0 Å². The van der Waals surface area contributed by atoms with E-state index in [1.807, 2.05) is 49.5 Å². The number of amides is 1. The van der Waals surface area contributed by atoms with E-state index in [2.05, 4.69) is 38.2 Å². The molecular weight excluding hydrogens is 284 g/mol. The number of rotatable bonds is 5. The van der Waals surface area contributed by atoms with Gasteiger partial charge in [-0.25, -0.2) is 0 Å². The molecule has 0 aliphatic heterocycles. The maximum absolute atomic E-state index is 12.2. The maximum atomic E-state index is 12.2. The monoisotopic (exact) mass is 310 g/mol. The molecule has 0 saturated heterocycles. The van der Waals surface area contributed by atoms with Crippen molar-refractivity contribution in [1.82, 2.24) is 4.90 Å². The molecule has 0 bridgehead atoms. The molecule has 23 heavy (non-hydrogen) atoms. The van der Waals surface area contributed by atoms with Crippen molar-refractivity contribution in [3.63, 3.8) is 0 Å². The van der Waals surface area contributed by atoms with E-state index < -0.39 is 0 Å². The Hall–Kier alpha value is -2.29. The first-order valence-electron chi connectivity index (χ1n) is 7.98. The Morgan fingerprint density at radius 1 is 1.00 bits per heavy atom. The highest BCUT2D eigenvalue weighted by atomic mass is 16.2. The molecule has 0 unspecified atom stereocenters. The molecule has 3 nitrogen and oxygen atoms in total. The van der Waals surface area contributed by atoms with E-state index in [1.54, 1.807) is 4.90 Å². The lowest BCUT2D eigenvalue weighted by Crippen LogP contribution is -2.31. The van der Waals surface area contributed by atoms with Crippen molar-refractivity contribution in [3.8, 4) is 0 Å². The van der Waals surface area contributed by atoms with Crippen LogP contribution in [0.1, 0.15) is 31.9 Å². The van der Waals surface area contributed by atoms with Gasteiger partial charge in [-0.15, -0.1) is 0 Å². The number of nitrogens with zero attached hydrogens (tertiary/aromatic N) is 1. The van der Waals surface area contributed by atoms with Crippen LogP contribution in [0, 0.1) is 0 Å². The van der Waals surface area contributed by atoms with Crippen LogP contribution in [-0.2, 0) is 16.8 Å². The zero-order valence-electron chi connectivity index (χ0n) is 14.5. The number of hydrogen-bond acceptors (Lipinski definition) is 2. The minimum absolute atomic E-state index is 0.0775. The third kappa shape index (κ3) is 5.13. The molecule has 0 spiro atoms. The largest absolute Gasteiger partial charge is 0.376 e. The van der Waals surface area contributed by atoms with Crippen LogP contribution in [0.15, 0.2) is 54.6 Å². The van der Waals surface area contributed by atoms with Crippen LogP contribution in [0.3, 0.4) is 0 Å². The summed E-state index contributed by atoms with van der Waals surface area (Å²) in [7, 11) is 1.83. The summed E-state index contributed by atoms with van der Waals surface area (Å²) in [6.45, 7) is 7.51. The van der Waals surface area contributed by atoms with Gasteiger partial charge in [0.1, 0.15) is 0 Å². The number of hydrogen-bond donors (Lipinski definition) is 1. The van der Waals surface area contributed by atoms with E-state index >= 15 is 0 Å². The quantitative estimate of drug-likeness (QED) is 0.903. The van der Waals surface area contributed by atoms with E-state index in [4.69, 9.17) is 0 Å². The Bertz CT molecular complexity index is 627. The van der Waals surface area contributed by atoms with Crippen LogP contribution in [0.25, 0.3) is 0 Å². The predicted molar refractivity (Wildman–Crippen MR) is 96.5 cm³/mol. The second kappa shape index (κ2) is 7.32. The Kier molecular flexibility index (Phi) is 5.43. The summed E-state index contributed by atoms with van der Waals surface area (Å²) in [4.78, 5) is 14.0. The van der Waals surface area contributed by atoms with Gasteiger partial charge in [0.05, 0.1) is 6.54 Å². The van der Waals surface area contributed by atoms with E-state index in [1.165, 1.54) is 5.56 Å². The smallest absolute Gasteiger partial charge is 0.241 e. The average molecular weight is 310 g/mol. The highest BCUT2D eigenvalue weighted by molar-refractivity contribution is 5.80. The van der Waals surface area contributed by atoms with Gasteiger partial charge in [0.25, 0.3) is 0 Å². The maximum Gasteiger partial charge on any atom is 0.241 e. The molecule has 0 radical (unpaired) electrons. The molecular formula is C20H26N2O. The highest BCUT2D eigenvalue weighted by Crippen LogP contribution is 2.23. The van der Waals surface area contributed by atoms with Gasteiger partial charge >= 0.3 is 0 Å². The molecule has 2 aromatic carbocycles. The van der Waals surface area contributed by atoms with E-state index in [-0.39, 0.29) is 11.3 Å². The number of carbonyl (C=O) groups excluding carboxylic acids is 1. The fraction of sp³-hybridized carbons (Fsp3) is 0.350. The summed E-state index contributed by atoms with van der Waals surface area (Å²) in [6, 6.07) is 18.3. The van der Waals surface area contributed by atoms with Crippen LogP contribution in [0.2, 0.25) is 0 Å². The minimum atomic E-state index is 0.0775. The Balaban J connectivity index is 1.86. The molecule has 0 heterocycles. The molecule has 0 aliphatic carbocycles. The van der Waals surface area contributed by atoms with Crippen molar-refractivity contribution in [2.75, 3.05) is 18.9 Å². The summed E-state index contributed by atoms with van der Waals surface area (Å²) in [6.07, 6.45) is 0. The summed E-state index contributed by atoms with van der Waals surface area (Å²) in [5.41, 5.74) is 3.54. The molecule has 0 aliphatic rings. The number of likely N-dealkylation sites (N-methyl/N-ethyl adjacent to an activating group) is 1. The van der Waals surface area contributed by atoms with Gasteiger partial charge < -0.3 is 10.2 Å². The van der Waals surface area contributed by atoms with Crippen LogP contribution in [0.4, 0.5) is 5.69 Å². The zero-order chi connectivity index (χ0) is 16.9. The van der Waals surface area contributed by atoms with Crippen molar-refractivity contribution < 1.29 is 4.79 Å². The normalized spacial score (nSPS) is 11.1. The third-order valence-corrected chi connectivity index (χ3v) is 3.88. The standard InChI is InChI=1S/C20H26N2O/c1-20(2,3)17-10-12-18(13-11-17)21-14-19(23)22(4)15-16-8-6-5-7-9-16/h5-13,21H,14-15H2,1-4H3. The molecule has 3 heteroatoms. The van der Waals surface area contributed by atoms with Gasteiger partial charge in [-0.05, 0) is 28.7 Å². The summed E-state index contributed by atoms with van der Waals surface area (Å²) in [5.74, 6) is 0.0775. The summed E-state index contributed by atoms with van der Waals surface area (Å²) >= 11 is 0. The lowest BCUT2D eigenvalue weighted by Gasteiger charge is -2.20. The molecule has 1 amide bonds. The van der Waals surface area contributed by atoms with Gasteiger partial charge in [0.2, 0.25) is 5.91 Å². The second-order valence-electron chi connectivity index (χ2n) is 6.92. The SMILES string of the molecule is CN(Cc1ccccc1)C(=O)CNc1ccc(C(C)(C)C)cc1. The number of anilines is 1. The molecule has 0 aromatic heterocycles. The first-order chi connectivity index (χ1) is 10.9. The minimum Gasteiger partial charge on any atom is -0.376 e. The summed E-state index contributed by atoms with van der Waals surface area (Å²) < 4.78 is 0. The van der Waals surface area contributed by atoms with Crippen molar-refractivity contribution in [2.24, 2.45) is 0 Å². The van der Waals surface area contributed by atoms with Gasteiger partial charge in [0, 0.05) is 19.3 Å². The van der Waals surface area contributed by atoms with E-state index in [9.17, 15) is 4.79 Å². The molecule has 1 N–H and O–H groups in total. The topological polar surface area (TPSA) is 32.3 Å². The van der Waals surface area contributed by atoms with E-state index in [0.29, 0.717) is 13.1 Å². The first-order valence-corrected chi connectivity index (χ1v) is 7.98. The van der Waals surface area contributed by atoms with Crippen molar-refractivity contribution in [3.05, 3.63) is 65.7 Å². The van der Waals surface area contributed by atoms with Gasteiger partial charge in [-0.3, -0.25) is 4.79 Å². The van der Waals surface area contributed by atoms with Crippen LogP contribution in [0.5, 0.6) is 0 Å². The Labute approximate surface area is 139 Å². The average Bonchev–Trinajstić information content (AvgIpc) is 2.53.